The van der Waals surface area contributed by atoms with Gasteiger partial charge >= 0.3 is 0 Å². The number of hydrogen-bond acceptors (Lipinski definition) is 7. The van der Waals surface area contributed by atoms with E-state index in [1.165, 1.54) is 4.68 Å². The summed E-state index contributed by atoms with van der Waals surface area (Å²) in [6, 6.07) is 10.5. The molecule has 182 valence electrons. The molecule has 0 aliphatic heterocycles. The van der Waals surface area contributed by atoms with Crippen molar-refractivity contribution in [3.05, 3.63) is 58.0 Å². The number of carbonyl (C=O) groups is 1. The minimum atomic E-state index is -0.328. The summed E-state index contributed by atoms with van der Waals surface area (Å²) < 4.78 is 23.6. The first-order chi connectivity index (χ1) is 16.5. The van der Waals surface area contributed by atoms with E-state index in [1.54, 1.807) is 31.4 Å². The molecule has 1 heterocycles. The predicted octanol–water partition coefficient (Wildman–Crippen LogP) is 3.17. The largest absolute Gasteiger partial charge is 0.490 e. The van der Waals surface area contributed by atoms with Crippen molar-refractivity contribution in [3.63, 3.8) is 0 Å². The summed E-state index contributed by atoms with van der Waals surface area (Å²) in [6.45, 7) is 7.65. The smallest absolute Gasteiger partial charge is 0.274 e. The Bertz CT molecular complexity index is 1160. The quantitative estimate of drug-likeness (QED) is 0.435. The van der Waals surface area contributed by atoms with Crippen LogP contribution in [0.3, 0.4) is 0 Å². The molecule has 0 saturated heterocycles. The van der Waals surface area contributed by atoms with Gasteiger partial charge in [-0.2, -0.15) is 5.10 Å². The Morgan fingerprint density at radius 1 is 0.971 bits per heavy atom. The summed E-state index contributed by atoms with van der Waals surface area (Å²) in [5.41, 5.74) is 0.755. The van der Waals surface area contributed by atoms with Gasteiger partial charge in [0.1, 0.15) is 0 Å². The number of methoxy groups -OCH3 is 1. The molecule has 1 aromatic heterocycles. The van der Waals surface area contributed by atoms with Crippen molar-refractivity contribution in [2.24, 2.45) is 0 Å². The first-order valence-corrected chi connectivity index (χ1v) is 11.4. The molecule has 0 unspecified atom stereocenters. The standard InChI is InChI=1S/C25H31N3O6/c1-5-32-21-14-17(15-22(33-6-2)23(21)34-7-3)24(29)26-16-20-18-10-8-9-11-19(18)25(30)28(27-20)12-13-31-4/h8-11,14-15H,5-7,12-13,16H2,1-4H3,(H,26,29). The normalized spacial score (nSPS) is 10.8. The maximum atomic E-state index is 13.1. The highest BCUT2D eigenvalue weighted by molar-refractivity contribution is 5.96. The van der Waals surface area contributed by atoms with Crippen LogP contribution in [0.4, 0.5) is 0 Å². The monoisotopic (exact) mass is 469 g/mol. The molecule has 0 fully saturated rings. The van der Waals surface area contributed by atoms with Gasteiger partial charge in [-0.05, 0) is 39.0 Å². The van der Waals surface area contributed by atoms with Gasteiger partial charge in [0.2, 0.25) is 5.75 Å². The number of rotatable bonds is 12. The van der Waals surface area contributed by atoms with E-state index < -0.39 is 0 Å². The van der Waals surface area contributed by atoms with E-state index in [-0.39, 0.29) is 18.0 Å². The lowest BCUT2D eigenvalue weighted by atomic mass is 10.1. The molecule has 1 N–H and O–H groups in total. The summed E-state index contributed by atoms with van der Waals surface area (Å²) in [5.74, 6) is 1.03. The van der Waals surface area contributed by atoms with Gasteiger partial charge in [-0.3, -0.25) is 9.59 Å². The number of hydrogen-bond donors (Lipinski definition) is 1. The van der Waals surface area contributed by atoms with Crippen LogP contribution in [0.5, 0.6) is 17.2 Å². The molecule has 3 aromatic rings. The molecule has 0 atom stereocenters. The molecule has 9 heteroatoms. The summed E-state index contributed by atoms with van der Waals surface area (Å²) in [6.07, 6.45) is 0. The average molecular weight is 470 g/mol. The number of aromatic nitrogens is 2. The van der Waals surface area contributed by atoms with Crippen LogP contribution in [0.2, 0.25) is 0 Å². The Hall–Kier alpha value is -3.59. The third-order valence-corrected chi connectivity index (χ3v) is 5.04. The topological polar surface area (TPSA) is 101 Å². The molecule has 0 aliphatic carbocycles. The first kappa shape index (κ1) is 25.0. The maximum Gasteiger partial charge on any atom is 0.274 e. The Morgan fingerprint density at radius 3 is 2.18 bits per heavy atom. The van der Waals surface area contributed by atoms with Crippen LogP contribution in [-0.2, 0) is 17.8 Å². The van der Waals surface area contributed by atoms with Crippen LogP contribution < -0.4 is 25.1 Å². The van der Waals surface area contributed by atoms with Gasteiger partial charge in [-0.1, -0.05) is 18.2 Å². The molecule has 3 rings (SSSR count). The summed E-state index contributed by atoms with van der Waals surface area (Å²) in [4.78, 5) is 25.8. The van der Waals surface area contributed by atoms with Crippen molar-refractivity contribution < 1.29 is 23.7 Å². The number of nitrogens with zero attached hydrogens (tertiary/aromatic N) is 2. The molecule has 0 aliphatic rings. The van der Waals surface area contributed by atoms with E-state index in [1.807, 2.05) is 32.9 Å². The molecule has 0 bridgehead atoms. The van der Waals surface area contributed by atoms with Crippen molar-refractivity contribution in [2.75, 3.05) is 33.5 Å². The fourth-order valence-corrected chi connectivity index (χ4v) is 3.55. The lowest BCUT2D eigenvalue weighted by molar-refractivity contribution is 0.0949. The molecule has 34 heavy (non-hydrogen) atoms. The van der Waals surface area contributed by atoms with Gasteiger partial charge in [0.05, 0.1) is 50.6 Å². The minimum absolute atomic E-state index is 0.133. The Balaban J connectivity index is 1.92. The highest BCUT2D eigenvalue weighted by Gasteiger charge is 2.19. The number of fused-ring (bicyclic) bond motifs is 1. The number of amides is 1. The number of ether oxygens (including phenoxy) is 4. The molecule has 0 radical (unpaired) electrons. The SMILES string of the molecule is CCOc1cc(C(=O)NCc2nn(CCOC)c(=O)c3ccccc23)cc(OCC)c1OCC. The number of nitrogens with one attached hydrogen (secondary N) is 1. The summed E-state index contributed by atoms with van der Waals surface area (Å²) in [7, 11) is 1.57. The third kappa shape index (κ3) is 5.66. The second-order valence-corrected chi connectivity index (χ2v) is 7.30. The highest BCUT2D eigenvalue weighted by Crippen LogP contribution is 2.39. The number of carbonyl (C=O) groups excluding carboxylic acids is 1. The maximum absolute atomic E-state index is 13.1. The second-order valence-electron chi connectivity index (χ2n) is 7.30. The number of benzene rings is 2. The fraction of sp³-hybridized carbons (Fsp3) is 0.400. The lowest BCUT2D eigenvalue weighted by Crippen LogP contribution is -2.29. The molecule has 9 nitrogen and oxygen atoms in total. The second kappa shape index (κ2) is 12.0. The van der Waals surface area contributed by atoms with Crippen LogP contribution in [0.25, 0.3) is 10.8 Å². The van der Waals surface area contributed by atoms with Crippen molar-refractivity contribution in [2.45, 2.75) is 33.9 Å². The predicted molar refractivity (Wildman–Crippen MR) is 129 cm³/mol. The minimum Gasteiger partial charge on any atom is -0.490 e. The average Bonchev–Trinajstić information content (AvgIpc) is 2.85. The molecular formula is C25H31N3O6. The van der Waals surface area contributed by atoms with E-state index in [9.17, 15) is 9.59 Å². The van der Waals surface area contributed by atoms with Gasteiger partial charge in [0, 0.05) is 18.1 Å². The van der Waals surface area contributed by atoms with E-state index in [2.05, 4.69) is 10.4 Å². The van der Waals surface area contributed by atoms with E-state index in [0.717, 1.165) is 0 Å². The molecular weight excluding hydrogens is 438 g/mol. The van der Waals surface area contributed by atoms with Crippen LogP contribution in [0.1, 0.15) is 36.8 Å². The van der Waals surface area contributed by atoms with E-state index in [4.69, 9.17) is 18.9 Å². The molecule has 2 aromatic carbocycles. The lowest BCUT2D eigenvalue weighted by Gasteiger charge is -2.17. The molecule has 0 saturated carbocycles. The summed E-state index contributed by atoms with van der Waals surface area (Å²) >= 11 is 0. The van der Waals surface area contributed by atoms with Crippen molar-refractivity contribution in [1.82, 2.24) is 15.1 Å². The molecule has 1 amide bonds. The highest BCUT2D eigenvalue weighted by atomic mass is 16.5. The van der Waals surface area contributed by atoms with Crippen LogP contribution in [-0.4, -0.2) is 49.2 Å². The summed E-state index contributed by atoms with van der Waals surface area (Å²) in [5, 5.41) is 8.61. The first-order valence-electron chi connectivity index (χ1n) is 11.4. The van der Waals surface area contributed by atoms with Crippen LogP contribution in [0.15, 0.2) is 41.2 Å². The fourth-order valence-electron chi connectivity index (χ4n) is 3.55. The molecule has 0 spiro atoms. The van der Waals surface area contributed by atoms with Gasteiger partial charge in [0.15, 0.2) is 11.5 Å². The van der Waals surface area contributed by atoms with Crippen molar-refractivity contribution >= 4 is 16.7 Å². The van der Waals surface area contributed by atoms with E-state index in [0.29, 0.717) is 72.3 Å². The third-order valence-electron chi connectivity index (χ3n) is 5.04. The zero-order chi connectivity index (χ0) is 24.5. The van der Waals surface area contributed by atoms with Crippen LogP contribution >= 0.6 is 0 Å². The van der Waals surface area contributed by atoms with Gasteiger partial charge < -0.3 is 24.3 Å². The zero-order valence-corrected chi connectivity index (χ0v) is 20.1. The Kier molecular flexibility index (Phi) is 8.86. The Labute approximate surface area is 198 Å². The van der Waals surface area contributed by atoms with Gasteiger partial charge in [0.25, 0.3) is 11.5 Å². The van der Waals surface area contributed by atoms with Gasteiger partial charge in [-0.25, -0.2) is 4.68 Å². The van der Waals surface area contributed by atoms with Crippen molar-refractivity contribution in [1.29, 1.82) is 0 Å². The van der Waals surface area contributed by atoms with Crippen LogP contribution in [0, 0.1) is 0 Å². The zero-order valence-electron chi connectivity index (χ0n) is 20.1. The van der Waals surface area contributed by atoms with Gasteiger partial charge in [-0.15, -0.1) is 0 Å². The Morgan fingerprint density at radius 2 is 1.59 bits per heavy atom. The van der Waals surface area contributed by atoms with E-state index >= 15 is 0 Å². The van der Waals surface area contributed by atoms with Crippen molar-refractivity contribution in [3.8, 4) is 17.2 Å².